The van der Waals surface area contributed by atoms with Gasteiger partial charge in [-0.3, -0.25) is 14.5 Å². The highest BCUT2D eigenvalue weighted by molar-refractivity contribution is 6.05. The molecule has 1 fully saturated rings. The van der Waals surface area contributed by atoms with Crippen LogP contribution in [0.25, 0.3) is 0 Å². The van der Waals surface area contributed by atoms with Crippen molar-refractivity contribution in [1.29, 1.82) is 0 Å². The maximum atomic E-state index is 12.0. The number of carbonyl (C=O) groups is 2. The largest absolute Gasteiger partial charge is 0.305 e. The third-order valence-corrected chi connectivity index (χ3v) is 3.48. The molecule has 1 saturated heterocycles. The lowest BCUT2D eigenvalue weighted by Crippen LogP contribution is -2.44. The van der Waals surface area contributed by atoms with Gasteiger partial charge >= 0.3 is 0 Å². The summed E-state index contributed by atoms with van der Waals surface area (Å²) < 4.78 is 0. The smallest absolute Gasteiger partial charge is 0.247 e. The van der Waals surface area contributed by atoms with E-state index in [9.17, 15) is 9.59 Å². The van der Waals surface area contributed by atoms with E-state index in [0.717, 1.165) is 13.0 Å². The predicted octanol–water partition coefficient (Wildman–Crippen LogP) is 1.55. The molecule has 0 spiro atoms. The fourth-order valence-corrected chi connectivity index (χ4v) is 1.88. The quantitative estimate of drug-likeness (QED) is 0.742. The van der Waals surface area contributed by atoms with E-state index < -0.39 is 0 Å². The van der Waals surface area contributed by atoms with Gasteiger partial charge in [-0.25, -0.2) is 0 Å². The molecule has 0 aromatic carbocycles. The summed E-state index contributed by atoms with van der Waals surface area (Å²) in [5.41, 5.74) is 0.161. The Morgan fingerprint density at radius 1 is 1.41 bits per heavy atom. The van der Waals surface area contributed by atoms with Crippen LogP contribution in [-0.2, 0) is 9.59 Å². The second-order valence-electron chi connectivity index (χ2n) is 5.85. The Hall–Kier alpha value is -0.900. The molecule has 1 N–H and O–H groups in total. The zero-order chi connectivity index (χ0) is 13.2. The Morgan fingerprint density at radius 3 is 2.41 bits per heavy atom. The molecule has 1 atom stereocenters. The Balaban J connectivity index is 2.58. The van der Waals surface area contributed by atoms with E-state index in [2.05, 4.69) is 26.1 Å². The van der Waals surface area contributed by atoms with Crippen LogP contribution < -0.4 is 5.32 Å². The van der Waals surface area contributed by atoms with Crippen LogP contribution in [0.4, 0.5) is 0 Å². The molecule has 2 amide bonds. The molecule has 0 aromatic rings. The summed E-state index contributed by atoms with van der Waals surface area (Å²) in [6.45, 7) is 10.9. The number of carbonyl (C=O) groups excluding carboxylic acids is 2. The van der Waals surface area contributed by atoms with Crippen LogP contribution in [0.2, 0.25) is 0 Å². The molecule has 17 heavy (non-hydrogen) atoms. The van der Waals surface area contributed by atoms with E-state index in [1.807, 2.05) is 13.8 Å². The van der Waals surface area contributed by atoms with E-state index in [0.29, 0.717) is 6.42 Å². The molecule has 1 unspecified atom stereocenters. The zero-order valence-corrected chi connectivity index (χ0v) is 11.5. The average molecular weight is 240 g/mol. The lowest BCUT2D eigenvalue weighted by molar-refractivity contribution is -0.140. The summed E-state index contributed by atoms with van der Waals surface area (Å²) in [7, 11) is 0. The lowest BCUT2D eigenvalue weighted by atomic mass is 9.90. The monoisotopic (exact) mass is 240 g/mol. The third kappa shape index (κ3) is 3.28. The van der Waals surface area contributed by atoms with Crippen molar-refractivity contribution in [3.05, 3.63) is 0 Å². The molecule has 1 heterocycles. The molecular formula is C13H24N2O2. The average Bonchev–Trinajstić information content (AvgIpc) is 2.51. The summed E-state index contributed by atoms with van der Waals surface area (Å²) in [6.07, 6.45) is 1.35. The topological polar surface area (TPSA) is 49.4 Å². The molecular weight excluding hydrogens is 216 g/mol. The number of nitrogens with one attached hydrogen (secondary N) is 1. The van der Waals surface area contributed by atoms with Gasteiger partial charge in [0.15, 0.2) is 0 Å². The van der Waals surface area contributed by atoms with Gasteiger partial charge in [-0.2, -0.15) is 0 Å². The number of imide groups is 1. The highest BCUT2D eigenvalue weighted by Crippen LogP contribution is 2.21. The summed E-state index contributed by atoms with van der Waals surface area (Å²) in [6, 6.07) is -0.364. The second-order valence-corrected chi connectivity index (χ2v) is 5.85. The van der Waals surface area contributed by atoms with Crippen molar-refractivity contribution in [3.8, 4) is 0 Å². The van der Waals surface area contributed by atoms with Crippen molar-refractivity contribution in [2.45, 2.75) is 59.5 Å². The number of hydrogen-bond acceptors (Lipinski definition) is 3. The maximum Gasteiger partial charge on any atom is 0.247 e. The van der Waals surface area contributed by atoms with Crippen molar-refractivity contribution >= 4 is 11.8 Å². The Kier molecular flexibility index (Phi) is 4.31. The molecule has 0 bridgehead atoms. The molecule has 0 aliphatic carbocycles. The van der Waals surface area contributed by atoms with Gasteiger partial charge in [0.05, 0.1) is 12.5 Å². The zero-order valence-electron chi connectivity index (χ0n) is 11.5. The van der Waals surface area contributed by atoms with Crippen LogP contribution in [0.15, 0.2) is 0 Å². The van der Waals surface area contributed by atoms with E-state index in [-0.39, 0.29) is 29.3 Å². The molecule has 4 heteroatoms. The van der Waals surface area contributed by atoms with Gasteiger partial charge in [0.1, 0.15) is 0 Å². The van der Waals surface area contributed by atoms with Crippen LogP contribution in [0.5, 0.6) is 0 Å². The molecule has 98 valence electrons. The van der Waals surface area contributed by atoms with Crippen molar-refractivity contribution < 1.29 is 9.59 Å². The van der Waals surface area contributed by atoms with Crippen LogP contribution in [0.3, 0.4) is 0 Å². The van der Waals surface area contributed by atoms with E-state index in [1.165, 1.54) is 4.90 Å². The van der Waals surface area contributed by atoms with Gasteiger partial charge in [-0.05, 0) is 25.7 Å². The highest BCUT2D eigenvalue weighted by Gasteiger charge is 2.39. The fourth-order valence-electron chi connectivity index (χ4n) is 1.88. The summed E-state index contributed by atoms with van der Waals surface area (Å²) >= 11 is 0. The van der Waals surface area contributed by atoms with Gasteiger partial charge in [0.2, 0.25) is 11.8 Å². The Morgan fingerprint density at radius 2 is 2.00 bits per heavy atom. The normalized spacial score (nSPS) is 21.8. The molecule has 1 aliphatic rings. The number of hydrogen-bond donors (Lipinski definition) is 1. The number of nitrogens with zero attached hydrogens (tertiary/aromatic N) is 1. The first kappa shape index (κ1) is 14.2. The fraction of sp³-hybridized carbons (Fsp3) is 0.846. The first-order chi connectivity index (χ1) is 7.78. The van der Waals surface area contributed by atoms with Gasteiger partial charge in [-0.15, -0.1) is 0 Å². The minimum absolute atomic E-state index is 0.0408. The minimum atomic E-state index is -0.323. The van der Waals surface area contributed by atoms with Crippen molar-refractivity contribution in [1.82, 2.24) is 10.2 Å². The van der Waals surface area contributed by atoms with Crippen molar-refractivity contribution in [2.75, 3.05) is 6.54 Å². The van der Waals surface area contributed by atoms with Crippen LogP contribution in [-0.4, -0.2) is 35.3 Å². The van der Waals surface area contributed by atoms with Crippen LogP contribution >= 0.6 is 0 Å². The maximum absolute atomic E-state index is 12.0. The molecule has 0 radical (unpaired) electrons. The number of likely N-dealkylation sites (tertiary alicyclic amines) is 1. The molecule has 1 rings (SSSR count). The lowest BCUT2D eigenvalue weighted by Gasteiger charge is -2.25. The minimum Gasteiger partial charge on any atom is -0.305 e. The van der Waals surface area contributed by atoms with Gasteiger partial charge in [-0.1, -0.05) is 20.8 Å². The molecule has 0 saturated carbocycles. The van der Waals surface area contributed by atoms with E-state index in [1.54, 1.807) is 0 Å². The summed E-state index contributed by atoms with van der Waals surface area (Å²) in [5.74, 6) is -0.131. The van der Waals surface area contributed by atoms with Crippen LogP contribution in [0, 0.1) is 5.41 Å². The third-order valence-electron chi connectivity index (χ3n) is 3.48. The van der Waals surface area contributed by atoms with E-state index >= 15 is 0 Å². The Bertz CT molecular complexity index is 311. The second kappa shape index (κ2) is 5.17. The van der Waals surface area contributed by atoms with Gasteiger partial charge in [0.25, 0.3) is 0 Å². The predicted molar refractivity (Wildman–Crippen MR) is 67.5 cm³/mol. The van der Waals surface area contributed by atoms with E-state index in [4.69, 9.17) is 0 Å². The SMILES string of the molecule is CCC(C)(C)CNC1CC(=O)N(C(C)C)C1=O. The molecule has 1 aliphatic heterocycles. The Labute approximate surface area is 104 Å². The van der Waals surface area contributed by atoms with Gasteiger partial charge < -0.3 is 5.32 Å². The van der Waals surface area contributed by atoms with Crippen LogP contribution in [0.1, 0.15) is 47.5 Å². The highest BCUT2D eigenvalue weighted by atomic mass is 16.2. The summed E-state index contributed by atoms with van der Waals surface area (Å²) in [5, 5.41) is 3.23. The van der Waals surface area contributed by atoms with Crippen molar-refractivity contribution in [2.24, 2.45) is 5.41 Å². The molecule has 4 nitrogen and oxygen atoms in total. The molecule has 0 aromatic heterocycles. The number of amides is 2. The van der Waals surface area contributed by atoms with Gasteiger partial charge in [0, 0.05) is 12.6 Å². The van der Waals surface area contributed by atoms with Crippen molar-refractivity contribution in [3.63, 3.8) is 0 Å². The first-order valence-electron chi connectivity index (χ1n) is 6.38. The first-order valence-corrected chi connectivity index (χ1v) is 6.38. The standard InChI is InChI=1S/C13H24N2O2/c1-6-13(4,5)8-14-10-7-11(16)15(9(2)3)12(10)17/h9-10,14H,6-8H2,1-5H3. The summed E-state index contributed by atoms with van der Waals surface area (Å²) in [4.78, 5) is 25.1. The number of rotatable bonds is 5.